The van der Waals surface area contributed by atoms with Crippen LogP contribution in [0, 0.1) is 6.92 Å². The van der Waals surface area contributed by atoms with E-state index >= 15 is 0 Å². The molecule has 1 fully saturated rings. The molecule has 1 aliphatic rings. The summed E-state index contributed by atoms with van der Waals surface area (Å²) in [5, 5.41) is 23.2. The summed E-state index contributed by atoms with van der Waals surface area (Å²) in [5.41, 5.74) is 4.76. The Morgan fingerprint density at radius 3 is 2.46 bits per heavy atom. The fourth-order valence-electron chi connectivity index (χ4n) is 4.67. The molecule has 2 amide bonds. The van der Waals surface area contributed by atoms with Crippen LogP contribution in [0.3, 0.4) is 0 Å². The molecule has 0 bridgehead atoms. The summed E-state index contributed by atoms with van der Waals surface area (Å²) in [6.45, 7) is 3.08. The Morgan fingerprint density at radius 2 is 1.78 bits per heavy atom. The van der Waals surface area contributed by atoms with E-state index in [1.165, 1.54) is 12.1 Å². The molecule has 3 N–H and O–H groups in total. The van der Waals surface area contributed by atoms with Gasteiger partial charge in [0, 0.05) is 36.7 Å². The lowest BCUT2D eigenvalue weighted by Gasteiger charge is -2.24. The Bertz CT molecular complexity index is 1550. The van der Waals surface area contributed by atoms with Gasteiger partial charge in [-0.1, -0.05) is 36.4 Å². The van der Waals surface area contributed by atoms with Gasteiger partial charge in [0.25, 0.3) is 5.91 Å². The number of carbonyl (C=O) groups is 2. The van der Waals surface area contributed by atoms with E-state index in [1.807, 2.05) is 43.3 Å². The number of aryl methyl sites for hydroxylation is 1. The minimum Gasteiger partial charge on any atom is -0.508 e. The number of phenolic OH excluding ortho intramolecular Hbond substituents is 2. The van der Waals surface area contributed by atoms with Crippen LogP contribution in [-0.4, -0.2) is 44.7 Å². The van der Waals surface area contributed by atoms with Gasteiger partial charge in [0.2, 0.25) is 11.2 Å². The highest BCUT2D eigenvalue weighted by Crippen LogP contribution is 2.30. The van der Waals surface area contributed by atoms with Gasteiger partial charge in [-0.3, -0.25) is 9.59 Å². The van der Waals surface area contributed by atoms with Gasteiger partial charge in [0.05, 0.1) is 17.8 Å². The number of hydrogen-bond acceptors (Lipinski definition) is 7. The summed E-state index contributed by atoms with van der Waals surface area (Å²) in [6.07, 6.45) is 2.89. The maximum Gasteiger partial charge on any atom is 0.262 e. The first-order valence-electron chi connectivity index (χ1n) is 13.2. The molecule has 0 spiro atoms. The van der Waals surface area contributed by atoms with E-state index < -0.39 is 5.91 Å². The van der Waals surface area contributed by atoms with Crippen LogP contribution in [-0.2, 0) is 22.6 Å². The van der Waals surface area contributed by atoms with Crippen molar-refractivity contribution < 1.29 is 24.5 Å². The molecular weight excluding hydrogens is 544 g/mol. The minimum absolute atomic E-state index is 0.0544. The molecule has 0 radical (unpaired) electrons. The second-order valence-electron chi connectivity index (χ2n) is 9.85. The van der Waals surface area contributed by atoms with Gasteiger partial charge in [-0.2, -0.15) is 0 Å². The van der Waals surface area contributed by atoms with E-state index in [9.17, 15) is 19.8 Å². The largest absolute Gasteiger partial charge is 0.508 e. The van der Waals surface area contributed by atoms with Crippen LogP contribution >= 0.6 is 11.6 Å². The van der Waals surface area contributed by atoms with Crippen LogP contribution in [0.4, 0.5) is 5.69 Å². The third-order valence-electron chi connectivity index (χ3n) is 6.90. The molecule has 9 nitrogen and oxygen atoms in total. The van der Waals surface area contributed by atoms with Crippen molar-refractivity contribution in [2.45, 2.75) is 39.0 Å². The van der Waals surface area contributed by atoms with Crippen molar-refractivity contribution in [2.24, 2.45) is 0 Å². The number of nitrogens with one attached hydrogen (secondary N) is 1. The lowest BCUT2D eigenvalue weighted by atomic mass is 10.1. The third-order valence-corrected chi connectivity index (χ3v) is 7.09. The molecule has 41 heavy (non-hydrogen) atoms. The van der Waals surface area contributed by atoms with Gasteiger partial charge in [-0.05, 0) is 72.3 Å². The summed E-state index contributed by atoms with van der Waals surface area (Å²) in [4.78, 5) is 35.8. The first kappa shape index (κ1) is 28.1. The second-order valence-corrected chi connectivity index (χ2v) is 10.2. The normalized spacial score (nSPS) is 14.5. The van der Waals surface area contributed by atoms with Crippen LogP contribution < -0.4 is 10.2 Å². The molecule has 0 saturated carbocycles. The van der Waals surface area contributed by atoms with Crippen molar-refractivity contribution in [3.63, 3.8) is 0 Å². The van der Waals surface area contributed by atoms with Crippen LogP contribution in [0.1, 0.15) is 39.9 Å². The Labute approximate surface area is 242 Å². The quantitative estimate of drug-likeness (QED) is 0.249. The zero-order chi connectivity index (χ0) is 28.9. The molecule has 1 saturated heterocycles. The zero-order valence-corrected chi connectivity index (χ0v) is 23.1. The van der Waals surface area contributed by atoms with E-state index in [-0.39, 0.29) is 40.9 Å². The average molecular weight is 573 g/mol. The second kappa shape index (κ2) is 12.4. The highest BCUT2D eigenvalue weighted by Gasteiger charge is 2.24. The van der Waals surface area contributed by atoms with Gasteiger partial charge in [-0.25, -0.2) is 9.97 Å². The molecule has 1 aliphatic heterocycles. The number of carbonyl (C=O) groups excluding carboxylic acids is 2. The topological polar surface area (TPSA) is 125 Å². The van der Waals surface area contributed by atoms with Gasteiger partial charge < -0.3 is 25.2 Å². The van der Waals surface area contributed by atoms with Crippen molar-refractivity contribution in [3.8, 4) is 22.8 Å². The first-order chi connectivity index (χ1) is 19.8. The number of phenols is 2. The number of hydrogen-bond donors (Lipinski definition) is 3. The summed E-state index contributed by atoms with van der Waals surface area (Å²) in [7, 11) is 0. The highest BCUT2D eigenvalue weighted by molar-refractivity contribution is 6.28. The predicted octanol–water partition coefficient (Wildman–Crippen LogP) is 5.16. The Kier molecular flexibility index (Phi) is 8.47. The van der Waals surface area contributed by atoms with E-state index in [0.717, 1.165) is 41.2 Å². The van der Waals surface area contributed by atoms with E-state index in [0.29, 0.717) is 24.5 Å². The van der Waals surface area contributed by atoms with Crippen molar-refractivity contribution in [1.29, 1.82) is 0 Å². The SMILES string of the molecule is Cc1cnc(Cl)nc1-c1ccc(N(Cc2ccc(CNC(=O)C3CCCO3)cc2)C(=O)c2ccc(O)cc2O)cc1. The highest BCUT2D eigenvalue weighted by atomic mass is 35.5. The first-order valence-corrected chi connectivity index (χ1v) is 13.6. The molecule has 1 aromatic heterocycles. The number of aromatic nitrogens is 2. The molecule has 1 atom stereocenters. The average Bonchev–Trinajstić information content (AvgIpc) is 3.52. The predicted molar refractivity (Wildman–Crippen MR) is 155 cm³/mol. The maximum atomic E-state index is 13.7. The molecule has 0 aliphatic carbocycles. The van der Waals surface area contributed by atoms with Crippen LogP contribution in [0.25, 0.3) is 11.3 Å². The number of amides is 2. The van der Waals surface area contributed by atoms with E-state index in [2.05, 4.69) is 15.3 Å². The zero-order valence-electron chi connectivity index (χ0n) is 22.4. The van der Waals surface area contributed by atoms with E-state index in [1.54, 1.807) is 23.2 Å². The molecule has 2 heterocycles. The monoisotopic (exact) mass is 572 g/mol. The Balaban J connectivity index is 1.38. The van der Waals surface area contributed by atoms with Crippen LogP contribution in [0.2, 0.25) is 5.28 Å². The Morgan fingerprint density at radius 1 is 1.05 bits per heavy atom. The summed E-state index contributed by atoms with van der Waals surface area (Å²) in [5.74, 6) is -1.01. The smallest absolute Gasteiger partial charge is 0.262 e. The fourth-order valence-corrected chi connectivity index (χ4v) is 4.80. The van der Waals surface area contributed by atoms with Gasteiger partial charge in [0.1, 0.15) is 17.6 Å². The van der Waals surface area contributed by atoms with E-state index in [4.69, 9.17) is 16.3 Å². The maximum absolute atomic E-state index is 13.7. The minimum atomic E-state index is -0.440. The number of benzene rings is 3. The Hall–Kier alpha value is -4.47. The molecule has 5 rings (SSSR count). The van der Waals surface area contributed by atoms with Crippen LogP contribution in [0.15, 0.2) is 72.9 Å². The van der Waals surface area contributed by atoms with Gasteiger partial charge >= 0.3 is 0 Å². The van der Waals surface area contributed by atoms with Crippen LogP contribution in [0.5, 0.6) is 11.5 Å². The van der Waals surface area contributed by atoms with Crippen molar-refractivity contribution in [2.75, 3.05) is 11.5 Å². The number of halogens is 1. The lowest BCUT2D eigenvalue weighted by Crippen LogP contribution is -2.33. The molecule has 10 heteroatoms. The van der Waals surface area contributed by atoms with Gasteiger partial charge in [-0.15, -0.1) is 0 Å². The van der Waals surface area contributed by atoms with Gasteiger partial charge in [0.15, 0.2) is 0 Å². The number of anilines is 1. The number of rotatable bonds is 8. The summed E-state index contributed by atoms with van der Waals surface area (Å²) >= 11 is 6.01. The number of nitrogens with zero attached hydrogens (tertiary/aromatic N) is 3. The summed E-state index contributed by atoms with van der Waals surface area (Å²) in [6, 6.07) is 18.8. The van der Waals surface area contributed by atoms with Crippen molar-refractivity contribution >= 4 is 29.1 Å². The molecular formula is C31H29ClN4O5. The molecule has 210 valence electrons. The molecule has 4 aromatic rings. The van der Waals surface area contributed by atoms with Crippen molar-refractivity contribution in [1.82, 2.24) is 15.3 Å². The molecule has 1 unspecified atom stereocenters. The van der Waals surface area contributed by atoms with Crippen molar-refractivity contribution in [3.05, 3.63) is 100 Å². The lowest BCUT2D eigenvalue weighted by molar-refractivity contribution is -0.130. The third kappa shape index (κ3) is 6.65. The fraction of sp³-hybridized carbons (Fsp3) is 0.226. The standard InChI is InChI=1S/C31H29ClN4O5/c1-19-16-34-31(32)35-28(19)22-8-10-23(11-9-22)36(30(40)25-13-12-24(37)15-26(25)38)18-21-6-4-20(5-7-21)17-33-29(39)27-3-2-14-41-27/h4-13,15-16,27,37-38H,2-3,14,17-18H2,1H3,(H,33,39). The number of aromatic hydroxyl groups is 2. The summed E-state index contributed by atoms with van der Waals surface area (Å²) < 4.78 is 5.43. The molecule has 3 aromatic carbocycles. The number of ether oxygens (including phenoxy) is 1.